The Hall–Kier alpha value is -2.56. The zero-order valence-corrected chi connectivity index (χ0v) is 11.4. The van der Waals surface area contributed by atoms with Crippen molar-refractivity contribution in [2.75, 3.05) is 5.32 Å². The predicted molar refractivity (Wildman–Crippen MR) is 76.0 cm³/mol. The molecule has 20 heavy (non-hydrogen) atoms. The second kappa shape index (κ2) is 5.61. The van der Waals surface area contributed by atoms with E-state index in [-0.39, 0.29) is 17.9 Å². The summed E-state index contributed by atoms with van der Waals surface area (Å²) in [6, 6.07) is 7.64. The van der Waals surface area contributed by atoms with Crippen LogP contribution in [0.1, 0.15) is 27.2 Å². The highest BCUT2D eigenvalue weighted by Gasteiger charge is 2.17. The molecule has 5 nitrogen and oxygen atoms in total. The van der Waals surface area contributed by atoms with Crippen LogP contribution < -0.4 is 5.32 Å². The molecule has 1 amide bonds. The Morgan fingerprint density at radius 2 is 1.85 bits per heavy atom. The molecule has 0 saturated carbocycles. The Kier molecular flexibility index (Phi) is 3.89. The van der Waals surface area contributed by atoms with Crippen molar-refractivity contribution < 1.29 is 14.7 Å². The molecular weight excluding hydrogens is 256 g/mol. The number of carboxylic acids is 1. The molecule has 5 heteroatoms. The number of carbonyl (C=O) groups is 2. The molecule has 0 aliphatic heterocycles. The van der Waals surface area contributed by atoms with Gasteiger partial charge < -0.3 is 15.4 Å². The van der Waals surface area contributed by atoms with Crippen molar-refractivity contribution in [1.82, 2.24) is 4.98 Å². The van der Waals surface area contributed by atoms with Crippen LogP contribution >= 0.6 is 0 Å². The maximum absolute atomic E-state index is 11.9. The van der Waals surface area contributed by atoms with E-state index in [9.17, 15) is 9.59 Å². The molecule has 0 spiro atoms. The summed E-state index contributed by atoms with van der Waals surface area (Å²) in [7, 11) is 0. The fraction of sp³-hybridized carbons (Fsp3) is 0.200. The van der Waals surface area contributed by atoms with Gasteiger partial charge in [0.25, 0.3) is 0 Å². The first-order valence-electron chi connectivity index (χ1n) is 6.24. The van der Waals surface area contributed by atoms with Crippen molar-refractivity contribution in [3.63, 3.8) is 0 Å². The molecule has 1 heterocycles. The third-order valence-corrected chi connectivity index (χ3v) is 3.05. The van der Waals surface area contributed by atoms with Gasteiger partial charge in [-0.05, 0) is 19.4 Å². The van der Waals surface area contributed by atoms with Gasteiger partial charge in [-0.3, -0.25) is 4.79 Å². The fourth-order valence-electron chi connectivity index (χ4n) is 1.99. The van der Waals surface area contributed by atoms with Crippen LogP contribution in [0.15, 0.2) is 30.5 Å². The number of benzene rings is 1. The number of aromatic amines is 1. The first-order valence-corrected chi connectivity index (χ1v) is 6.24. The average Bonchev–Trinajstić information content (AvgIpc) is 2.73. The Morgan fingerprint density at radius 3 is 2.45 bits per heavy atom. The van der Waals surface area contributed by atoms with Crippen LogP contribution in [0, 0.1) is 13.8 Å². The highest BCUT2D eigenvalue weighted by Crippen LogP contribution is 2.19. The normalized spacial score (nSPS) is 10.3. The topological polar surface area (TPSA) is 82.2 Å². The van der Waals surface area contributed by atoms with Gasteiger partial charge in [-0.2, -0.15) is 0 Å². The molecule has 0 fully saturated rings. The number of hydrogen-bond acceptors (Lipinski definition) is 2. The van der Waals surface area contributed by atoms with Gasteiger partial charge in [0.05, 0.1) is 12.1 Å². The molecule has 2 rings (SSSR count). The lowest BCUT2D eigenvalue weighted by Crippen LogP contribution is -2.16. The van der Waals surface area contributed by atoms with Crippen LogP contribution in [0.4, 0.5) is 5.69 Å². The summed E-state index contributed by atoms with van der Waals surface area (Å²) in [5, 5.41) is 11.7. The van der Waals surface area contributed by atoms with E-state index in [4.69, 9.17) is 5.11 Å². The number of H-pyrrole nitrogens is 1. The summed E-state index contributed by atoms with van der Waals surface area (Å²) in [5.41, 5.74) is 2.93. The molecule has 2 aromatic rings. The third kappa shape index (κ3) is 3.06. The Labute approximate surface area is 116 Å². The lowest BCUT2D eigenvalue weighted by molar-refractivity contribution is -0.115. The highest BCUT2D eigenvalue weighted by molar-refractivity contribution is 6.01. The van der Waals surface area contributed by atoms with Gasteiger partial charge in [-0.1, -0.05) is 29.8 Å². The number of aromatic nitrogens is 1. The van der Waals surface area contributed by atoms with Crippen molar-refractivity contribution in [3.8, 4) is 0 Å². The van der Waals surface area contributed by atoms with E-state index in [0.717, 1.165) is 11.1 Å². The van der Waals surface area contributed by atoms with Crippen LogP contribution in [-0.2, 0) is 11.2 Å². The van der Waals surface area contributed by atoms with E-state index in [0.29, 0.717) is 11.4 Å². The standard InChI is InChI=1S/C15H16N2O3/c1-9-3-5-11(6-4-9)7-13(18)17-12-8-16-10(2)14(12)15(19)20/h3-6,8,16H,7H2,1-2H3,(H,17,18)(H,19,20). The van der Waals surface area contributed by atoms with Gasteiger partial charge in [0.1, 0.15) is 5.56 Å². The van der Waals surface area contributed by atoms with E-state index in [1.165, 1.54) is 6.20 Å². The quantitative estimate of drug-likeness (QED) is 0.799. The minimum atomic E-state index is -1.06. The Balaban J connectivity index is 2.09. The zero-order chi connectivity index (χ0) is 14.7. The second-order valence-corrected chi connectivity index (χ2v) is 4.72. The summed E-state index contributed by atoms with van der Waals surface area (Å²) in [4.78, 5) is 25.8. The van der Waals surface area contributed by atoms with E-state index in [1.54, 1.807) is 6.92 Å². The van der Waals surface area contributed by atoms with Gasteiger partial charge in [-0.25, -0.2) is 4.79 Å². The predicted octanol–water partition coefficient (Wildman–Crippen LogP) is 2.51. The van der Waals surface area contributed by atoms with Crippen LogP contribution in [0.5, 0.6) is 0 Å². The number of aryl methyl sites for hydroxylation is 2. The van der Waals surface area contributed by atoms with Crippen molar-refractivity contribution in [3.05, 3.63) is 52.8 Å². The second-order valence-electron chi connectivity index (χ2n) is 4.72. The number of nitrogens with one attached hydrogen (secondary N) is 2. The number of carbonyl (C=O) groups excluding carboxylic acids is 1. The monoisotopic (exact) mass is 272 g/mol. The molecule has 0 bridgehead atoms. The summed E-state index contributed by atoms with van der Waals surface area (Å²) in [5.74, 6) is -1.30. The molecule has 0 atom stereocenters. The number of hydrogen-bond donors (Lipinski definition) is 3. The third-order valence-electron chi connectivity index (χ3n) is 3.05. The van der Waals surface area contributed by atoms with E-state index >= 15 is 0 Å². The molecule has 1 aromatic heterocycles. The smallest absolute Gasteiger partial charge is 0.339 e. The summed E-state index contributed by atoms with van der Waals surface area (Å²) >= 11 is 0. The van der Waals surface area contributed by atoms with Crippen LogP contribution in [-0.4, -0.2) is 22.0 Å². The number of rotatable bonds is 4. The summed E-state index contributed by atoms with van der Waals surface area (Å²) < 4.78 is 0. The van der Waals surface area contributed by atoms with Crippen LogP contribution in [0.25, 0.3) is 0 Å². The lowest BCUT2D eigenvalue weighted by atomic mass is 10.1. The zero-order valence-electron chi connectivity index (χ0n) is 11.4. The molecule has 3 N–H and O–H groups in total. The molecule has 0 radical (unpaired) electrons. The fourth-order valence-corrected chi connectivity index (χ4v) is 1.99. The molecule has 1 aromatic carbocycles. The molecular formula is C15H16N2O3. The van der Waals surface area contributed by atoms with Crippen molar-refractivity contribution in [2.24, 2.45) is 0 Å². The number of anilines is 1. The summed E-state index contributed by atoms with van der Waals surface area (Å²) in [6.45, 7) is 3.63. The lowest BCUT2D eigenvalue weighted by Gasteiger charge is -2.05. The molecule has 0 aliphatic carbocycles. The summed E-state index contributed by atoms with van der Waals surface area (Å²) in [6.07, 6.45) is 1.70. The van der Waals surface area contributed by atoms with Gasteiger partial charge in [-0.15, -0.1) is 0 Å². The van der Waals surface area contributed by atoms with Crippen LogP contribution in [0.3, 0.4) is 0 Å². The number of aromatic carboxylic acids is 1. The molecule has 0 saturated heterocycles. The SMILES string of the molecule is Cc1ccc(CC(=O)Nc2c[nH]c(C)c2C(=O)O)cc1. The first kappa shape index (κ1) is 13.9. The molecule has 104 valence electrons. The largest absolute Gasteiger partial charge is 0.478 e. The maximum Gasteiger partial charge on any atom is 0.339 e. The number of carboxylic acid groups (broad SMARTS) is 1. The number of amides is 1. The Bertz CT molecular complexity index is 642. The van der Waals surface area contributed by atoms with E-state index < -0.39 is 5.97 Å². The molecule has 0 unspecified atom stereocenters. The van der Waals surface area contributed by atoms with Gasteiger partial charge in [0, 0.05) is 11.9 Å². The van der Waals surface area contributed by atoms with E-state index in [2.05, 4.69) is 10.3 Å². The van der Waals surface area contributed by atoms with Gasteiger partial charge >= 0.3 is 5.97 Å². The van der Waals surface area contributed by atoms with Crippen molar-refractivity contribution >= 4 is 17.6 Å². The molecule has 0 aliphatic rings. The van der Waals surface area contributed by atoms with Crippen molar-refractivity contribution in [1.29, 1.82) is 0 Å². The minimum absolute atomic E-state index is 0.0993. The van der Waals surface area contributed by atoms with E-state index in [1.807, 2.05) is 31.2 Å². The van der Waals surface area contributed by atoms with Crippen LogP contribution in [0.2, 0.25) is 0 Å². The Morgan fingerprint density at radius 1 is 1.20 bits per heavy atom. The highest BCUT2D eigenvalue weighted by atomic mass is 16.4. The maximum atomic E-state index is 11.9. The minimum Gasteiger partial charge on any atom is -0.478 e. The van der Waals surface area contributed by atoms with Gasteiger partial charge in [0.2, 0.25) is 5.91 Å². The van der Waals surface area contributed by atoms with Crippen molar-refractivity contribution in [2.45, 2.75) is 20.3 Å². The first-order chi connectivity index (χ1) is 9.47. The van der Waals surface area contributed by atoms with Gasteiger partial charge in [0.15, 0.2) is 0 Å². The average molecular weight is 272 g/mol.